The van der Waals surface area contributed by atoms with Crippen LogP contribution >= 0.6 is 0 Å². The number of rotatable bonds is 4. The van der Waals surface area contributed by atoms with Gasteiger partial charge in [-0.05, 0) is 43.0 Å². The van der Waals surface area contributed by atoms with Crippen molar-refractivity contribution in [3.05, 3.63) is 72.6 Å². The molecule has 140 valence electrons. The number of fused-ring (bicyclic) bond motifs is 1. The first-order chi connectivity index (χ1) is 13.7. The van der Waals surface area contributed by atoms with Crippen LogP contribution in [0, 0.1) is 5.92 Å². The summed E-state index contributed by atoms with van der Waals surface area (Å²) in [4.78, 5) is 33.7. The van der Waals surface area contributed by atoms with Gasteiger partial charge < -0.3 is 0 Å². The molecule has 0 saturated heterocycles. The van der Waals surface area contributed by atoms with Crippen molar-refractivity contribution in [3.8, 4) is 11.3 Å². The Morgan fingerprint density at radius 3 is 2.79 bits per heavy atom. The van der Waals surface area contributed by atoms with E-state index in [2.05, 4.69) is 33.0 Å². The first-order valence-electron chi connectivity index (χ1n) is 9.27. The van der Waals surface area contributed by atoms with Crippen LogP contribution < -0.4 is 10.9 Å². The van der Waals surface area contributed by atoms with Gasteiger partial charge in [-0.1, -0.05) is 30.4 Å². The number of nitrogens with one attached hydrogen (secondary N) is 2. The molecule has 0 aliphatic heterocycles. The predicted octanol–water partition coefficient (Wildman–Crippen LogP) is 3.41. The molecule has 2 amide bonds. The number of para-hydroxylation sites is 1. The molecular weight excluding hydrogens is 352 g/mol. The second kappa shape index (κ2) is 8.00. The van der Waals surface area contributed by atoms with Crippen LogP contribution in [-0.2, 0) is 4.79 Å². The number of aromatic nitrogens is 2. The number of pyridine rings is 2. The zero-order chi connectivity index (χ0) is 19.3. The Kier molecular flexibility index (Phi) is 5.10. The molecule has 6 heteroatoms. The first-order valence-corrected chi connectivity index (χ1v) is 9.27. The van der Waals surface area contributed by atoms with Crippen LogP contribution in [0.15, 0.2) is 67.0 Å². The minimum absolute atomic E-state index is 0.198. The molecule has 0 unspecified atom stereocenters. The monoisotopic (exact) mass is 372 g/mol. The molecule has 1 aromatic carbocycles. The molecule has 4 rings (SSSR count). The molecule has 0 spiro atoms. The lowest BCUT2D eigenvalue weighted by atomic mass is 10.0. The molecule has 6 nitrogen and oxygen atoms in total. The third kappa shape index (κ3) is 3.91. The molecule has 28 heavy (non-hydrogen) atoms. The Balaban J connectivity index is 1.57. The van der Waals surface area contributed by atoms with E-state index in [1.54, 1.807) is 18.5 Å². The summed E-state index contributed by atoms with van der Waals surface area (Å²) in [5.41, 5.74) is 7.69. The van der Waals surface area contributed by atoms with Gasteiger partial charge in [-0.25, -0.2) is 4.98 Å². The number of benzene rings is 1. The lowest BCUT2D eigenvalue weighted by molar-refractivity contribution is -0.122. The molecule has 0 saturated carbocycles. The standard InChI is InChI=1S/C22H20N4O2/c27-21(12-15-6-1-2-7-15)25-26-22(28)18-13-20(16-8-5-11-23-14-16)24-19-10-4-3-9-17(18)19/h1,3-6,8-11,13-15H,2,7,12H2,(H,25,27)(H,26,28)/t15-/m1/s1. The highest BCUT2D eigenvalue weighted by atomic mass is 16.2. The maximum Gasteiger partial charge on any atom is 0.270 e. The Hall–Kier alpha value is -3.54. The number of hydrazine groups is 1. The van der Waals surface area contributed by atoms with Crippen LogP contribution in [0.25, 0.3) is 22.2 Å². The molecular formula is C22H20N4O2. The molecule has 0 bridgehead atoms. The van der Waals surface area contributed by atoms with Crippen LogP contribution in [-0.4, -0.2) is 21.8 Å². The van der Waals surface area contributed by atoms with E-state index in [-0.39, 0.29) is 17.7 Å². The highest BCUT2D eigenvalue weighted by Crippen LogP contribution is 2.24. The third-order valence-electron chi connectivity index (χ3n) is 4.79. The molecule has 1 atom stereocenters. The molecule has 1 aliphatic rings. The zero-order valence-electron chi connectivity index (χ0n) is 15.3. The second-order valence-corrected chi connectivity index (χ2v) is 6.79. The number of carbonyl (C=O) groups excluding carboxylic acids is 2. The van der Waals surface area contributed by atoms with Crippen LogP contribution in [0.2, 0.25) is 0 Å². The van der Waals surface area contributed by atoms with Gasteiger partial charge >= 0.3 is 0 Å². The highest BCUT2D eigenvalue weighted by molar-refractivity contribution is 6.07. The van der Waals surface area contributed by atoms with Gasteiger partial charge in [0.1, 0.15) is 0 Å². The minimum Gasteiger partial charge on any atom is -0.273 e. The molecule has 0 radical (unpaired) electrons. The van der Waals surface area contributed by atoms with Crippen molar-refractivity contribution in [2.45, 2.75) is 19.3 Å². The topological polar surface area (TPSA) is 84.0 Å². The summed E-state index contributed by atoms with van der Waals surface area (Å²) in [6, 6.07) is 12.9. The van der Waals surface area contributed by atoms with Gasteiger partial charge in [0.05, 0.1) is 16.8 Å². The summed E-state index contributed by atoms with van der Waals surface area (Å²) in [5.74, 6) is -0.328. The smallest absolute Gasteiger partial charge is 0.270 e. The van der Waals surface area contributed by atoms with Crippen molar-refractivity contribution in [1.82, 2.24) is 20.8 Å². The van der Waals surface area contributed by atoms with Crippen molar-refractivity contribution < 1.29 is 9.59 Å². The molecule has 2 N–H and O–H groups in total. The van der Waals surface area contributed by atoms with Crippen molar-refractivity contribution in [2.24, 2.45) is 5.92 Å². The van der Waals surface area contributed by atoms with E-state index in [4.69, 9.17) is 0 Å². The lowest BCUT2D eigenvalue weighted by Crippen LogP contribution is -2.42. The average molecular weight is 372 g/mol. The van der Waals surface area contributed by atoms with E-state index in [9.17, 15) is 9.59 Å². The number of amides is 2. The number of hydrogen-bond acceptors (Lipinski definition) is 4. The molecule has 3 aromatic rings. The van der Waals surface area contributed by atoms with Crippen molar-refractivity contribution in [3.63, 3.8) is 0 Å². The molecule has 1 aliphatic carbocycles. The van der Waals surface area contributed by atoms with Gasteiger partial charge in [0.2, 0.25) is 5.91 Å². The van der Waals surface area contributed by atoms with Gasteiger partial charge in [0, 0.05) is 29.8 Å². The van der Waals surface area contributed by atoms with Gasteiger partial charge in [0.15, 0.2) is 0 Å². The van der Waals surface area contributed by atoms with Crippen LogP contribution in [0.4, 0.5) is 0 Å². The summed E-state index contributed by atoms with van der Waals surface area (Å²) in [6.45, 7) is 0. The summed E-state index contributed by atoms with van der Waals surface area (Å²) in [6.07, 6.45) is 9.88. The number of allylic oxidation sites excluding steroid dienone is 2. The number of hydrogen-bond donors (Lipinski definition) is 2. The zero-order valence-corrected chi connectivity index (χ0v) is 15.3. The van der Waals surface area contributed by atoms with Crippen molar-refractivity contribution in [1.29, 1.82) is 0 Å². The Bertz CT molecular complexity index is 1050. The Morgan fingerprint density at radius 2 is 2.00 bits per heavy atom. The summed E-state index contributed by atoms with van der Waals surface area (Å²) >= 11 is 0. The van der Waals surface area contributed by atoms with Gasteiger partial charge in [-0.3, -0.25) is 25.4 Å². The molecule has 2 heterocycles. The Labute approximate surface area is 162 Å². The van der Waals surface area contributed by atoms with Crippen LogP contribution in [0.1, 0.15) is 29.6 Å². The number of carbonyl (C=O) groups is 2. The first kappa shape index (κ1) is 17.9. The van der Waals surface area contributed by atoms with Crippen molar-refractivity contribution >= 4 is 22.7 Å². The highest BCUT2D eigenvalue weighted by Gasteiger charge is 2.17. The fourth-order valence-corrected chi connectivity index (χ4v) is 3.37. The van der Waals surface area contributed by atoms with Gasteiger partial charge in [-0.2, -0.15) is 0 Å². The fraction of sp³-hybridized carbons (Fsp3) is 0.182. The quantitative estimate of drug-likeness (QED) is 0.543. The third-order valence-corrected chi connectivity index (χ3v) is 4.79. The minimum atomic E-state index is -0.376. The van der Waals surface area contributed by atoms with Crippen molar-refractivity contribution in [2.75, 3.05) is 0 Å². The number of nitrogens with zero attached hydrogens (tertiary/aromatic N) is 2. The van der Waals surface area contributed by atoms with E-state index in [1.165, 1.54) is 0 Å². The van der Waals surface area contributed by atoms with E-state index >= 15 is 0 Å². The second-order valence-electron chi connectivity index (χ2n) is 6.79. The van der Waals surface area contributed by atoms with Crippen LogP contribution in [0.3, 0.4) is 0 Å². The maximum absolute atomic E-state index is 12.8. The fourth-order valence-electron chi connectivity index (χ4n) is 3.37. The lowest BCUT2D eigenvalue weighted by Gasteiger charge is -2.12. The van der Waals surface area contributed by atoms with E-state index in [0.717, 1.165) is 23.8 Å². The predicted molar refractivity (Wildman–Crippen MR) is 107 cm³/mol. The normalized spacial score (nSPS) is 15.5. The molecule has 0 fully saturated rings. The van der Waals surface area contributed by atoms with E-state index < -0.39 is 0 Å². The van der Waals surface area contributed by atoms with Gasteiger partial charge in [0.25, 0.3) is 5.91 Å². The molecule has 2 aromatic heterocycles. The maximum atomic E-state index is 12.8. The summed E-state index contributed by atoms with van der Waals surface area (Å²) < 4.78 is 0. The Morgan fingerprint density at radius 1 is 1.11 bits per heavy atom. The van der Waals surface area contributed by atoms with Crippen LogP contribution in [0.5, 0.6) is 0 Å². The van der Waals surface area contributed by atoms with E-state index in [1.807, 2.05) is 36.4 Å². The van der Waals surface area contributed by atoms with E-state index in [0.29, 0.717) is 23.2 Å². The average Bonchev–Trinajstić information content (AvgIpc) is 3.25. The summed E-state index contributed by atoms with van der Waals surface area (Å²) in [7, 11) is 0. The largest absolute Gasteiger partial charge is 0.273 e. The summed E-state index contributed by atoms with van der Waals surface area (Å²) in [5, 5.41) is 0.723. The SMILES string of the molecule is O=C(C[C@@H]1C=CCC1)NNC(=O)c1cc(-c2cccnc2)nc2ccccc12. The van der Waals surface area contributed by atoms with Gasteiger partial charge in [-0.15, -0.1) is 0 Å².